The predicted molar refractivity (Wildman–Crippen MR) is 105 cm³/mol. The number of hydrogen-bond acceptors (Lipinski definition) is 1. The molecular formula is C22H18ClN. The number of para-hydroxylation sites is 1. The lowest BCUT2D eigenvalue weighted by Gasteiger charge is -2.10. The van der Waals surface area contributed by atoms with Crippen molar-refractivity contribution in [2.24, 2.45) is 0 Å². The summed E-state index contributed by atoms with van der Waals surface area (Å²) in [5.74, 6) is 0. The van der Waals surface area contributed by atoms with E-state index in [0.29, 0.717) is 0 Å². The molecule has 3 aromatic carbocycles. The predicted octanol–water partition coefficient (Wildman–Crippen LogP) is 6.30. The largest absolute Gasteiger partial charge is 0.248 e. The number of hydrogen-bond donors (Lipinski definition) is 0. The van der Waals surface area contributed by atoms with Crippen molar-refractivity contribution in [3.05, 3.63) is 90.5 Å². The molecule has 0 amide bonds. The highest BCUT2D eigenvalue weighted by atomic mass is 35.5. The molecule has 1 heterocycles. The average Bonchev–Trinajstić information content (AvgIpc) is 2.62. The van der Waals surface area contributed by atoms with Crippen LogP contribution in [0.15, 0.2) is 84.9 Å². The van der Waals surface area contributed by atoms with Crippen molar-refractivity contribution in [3.8, 4) is 22.4 Å². The van der Waals surface area contributed by atoms with E-state index in [0.717, 1.165) is 16.8 Å². The van der Waals surface area contributed by atoms with Crippen molar-refractivity contribution in [1.82, 2.24) is 4.98 Å². The molecular weight excluding hydrogens is 314 g/mol. The van der Waals surface area contributed by atoms with E-state index in [1.165, 1.54) is 22.1 Å². The number of halogens is 1. The molecule has 0 N–H and O–H groups in total. The van der Waals surface area contributed by atoms with Gasteiger partial charge >= 0.3 is 0 Å². The molecule has 0 aliphatic carbocycles. The van der Waals surface area contributed by atoms with Gasteiger partial charge in [-0.25, -0.2) is 4.98 Å². The Balaban J connectivity index is 0.00000169. The summed E-state index contributed by atoms with van der Waals surface area (Å²) in [6.45, 7) is 2.10. The lowest BCUT2D eigenvalue weighted by atomic mass is 9.98. The first-order chi connectivity index (χ1) is 11.3. The van der Waals surface area contributed by atoms with Gasteiger partial charge in [0.2, 0.25) is 0 Å². The van der Waals surface area contributed by atoms with Gasteiger partial charge in [-0.3, -0.25) is 0 Å². The standard InChI is InChI=1S/C22H17N.ClH/c1-16-11-13-18(14-12-16)22-15-20(17-7-3-2-4-8-17)19-9-5-6-10-21(19)23-22;/h2-15H,1H3;1H. The fraction of sp³-hybridized carbons (Fsp3) is 0.0455. The number of aryl methyl sites for hydroxylation is 1. The Morgan fingerprint density at radius 2 is 1.33 bits per heavy atom. The minimum Gasteiger partial charge on any atom is -0.248 e. The SMILES string of the molecule is Cc1ccc(-c2cc(-c3ccccc3)c3ccccc3n2)cc1.Cl. The number of fused-ring (bicyclic) bond motifs is 1. The summed E-state index contributed by atoms with van der Waals surface area (Å²) in [4.78, 5) is 4.86. The molecule has 4 rings (SSSR count). The zero-order valence-electron chi connectivity index (χ0n) is 13.4. The summed E-state index contributed by atoms with van der Waals surface area (Å²) < 4.78 is 0. The molecule has 0 aliphatic rings. The highest BCUT2D eigenvalue weighted by Crippen LogP contribution is 2.31. The van der Waals surface area contributed by atoms with E-state index in [9.17, 15) is 0 Å². The van der Waals surface area contributed by atoms with Crippen LogP contribution in [0.4, 0.5) is 0 Å². The van der Waals surface area contributed by atoms with Gasteiger partial charge in [0.25, 0.3) is 0 Å². The van der Waals surface area contributed by atoms with E-state index in [2.05, 4.69) is 79.7 Å². The smallest absolute Gasteiger partial charge is 0.0715 e. The van der Waals surface area contributed by atoms with E-state index >= 15 is 0 Å². The topological polar surface area (TPSA) is 12.9 Å². The summed E-state index contributed by atoms with van der Waals surface area (Å²) in [5.41, 5.74) is 6.91. The second-order valence-corrected chi connectivity index (χ2v) is 5.80. The summed E-state index contributed by atoms with van der Waals surface area (Å²) in [5, 5.41) is 1.19. The molecule has 2 heteroatoms. The van der Waals surface area contributed by atoms with Gasteiger partial charge in [0.1, 0.15) is 0 Å². The summed E-state index contributed by atoms with van der Waals surface area (Å²) >= 11 is 0. The summed E-state index contributed by atoms with van der Waals surface area (Å²) in [6, 6.07) is 29.6. The van der Waals surface area contributed by atoms with Crippen molar-refractivity contribution in [1.29, 1.82) is 0 Å². The Hall–Kier alpha value is -2.64. The first-order valence-electron chi connectivity index (χ1n) is 7.83. The second-order valence-electron chi connectivity index (χ2n) is 5.80. The normalized spacial score (nSPS) is 10.4. The van der Waals surface area contributed by atoms with Gasteiger partial charge in [-0.15, -0.1) is 12.4 Å². The van der Waals surface area contributed by atoms with Crippen molar-refractivity contribution in [2.75, 3.05) is 0 Å². The minimum atomic E-state index is 0. The summed E-state index contributed by atoms with van der Waals surface area (Å²) in [7, 11) is 0. The van der Waals surface area contributed by atoms with Gasteiger partial charge in [-0.2, -0.15) is 0 Å². The zero-order valence-corrected chi connectivity index (χ0v) is 14.3. The molecule has 24 heavy (non-hydrogen) atoms. The van der Waals surface area contributed by atoms with Crippen molar-refractivity contribution in [2.45, 2.75) is 6.92 Å². The minimum absolute atomic E-state index is 0. The molecule has 1 nitrogen and oxygen atoms in total. The van der Waals surface area contributed by atoms with Crippen LogP contribution in [0.1, 0.15) is 5.56 Å². The maximum Gasteiger partial charge on any atom is 0.0715 e. The van der Waals surface area contributed by atoms with Gasteiger partial charge in [-0.1, -0.05) is 78.4 Å². The van der Waals surface area contributed by atoms with Crippen molar-refractivity contribution < 1.29 is 0 Å². The Morgan fingerprint density at radius 3 is 2.08 bits per heavy atom. The first-order valence-corrected chi connectivity index (χ1v) is 7.83. The van der Waals surface area contributed by atoms with Crippen LogP contribution in [0.5, 0.6) is 0 Å². The van der Waals surface area contributed by atoms with Gasteiger partial charge in [-0.05, 0) is 30.2 Å². The third-order valence-electron chi connectivity index (χ3n) is 4.15. The molecule has 0 radical (unpaired) electrons. The van der Waals surface area contributed by atoms with Crippen LogP contribution >= 0.6 is 12.4 Å². The molecule has 0 spiro atoms. The van der Waals surface area contributed by atoms with E-state index in [4.69, 9.17) is 4.98 Å². The number of aromatic nitrogens is 1. The molecule has 4 aromatic rings. The van der Waals surface area contributed by atoms with Crippen molar-refractivity contribution in [3.63, 3.8) is 0 Å². The maximum absolute atomic E-state index is 4.86. The maximum atomic E-state index is 4.86. The molecule has 0 aliphatic heterocycles. The average molecular weight is 332 g/mol. The molecule has 0 atom stereocenters. The lowest BCUT2D eigenvalue weighted by Crippen LogP contribution is -1.89. The number of benzene rings is 3. The van der Waals surface area contributed by atoms with Gasteiger partial charge < -0.3 is 0 Å². The van der Waals surface area contributed by atoms with Crippen LogP contribution < -0.4 is 0 Å². The number of nitrogens with zero attached hydrogens (tertiary/aromatic N) is 1. The molecule has 118 valence electrons. The van der Waals surface area contributed by atoms with Crippen LogP contribution in [0, 0.1) is 6.92 Å². The van der Waals surface area contributed by atoms with Crippen molar-refractivity contribution >= 4 is 23.3 Å². The zero-order chi connectivity index (χ0) is 15.6. The Kier molecular flexibility index (Phi) is 4.64. The fourth-order valence-electron chi connectivity index (χ4n) is 2.90. The third kappa shape index (κ3) is 3.04. The molecule has 0 unspecified atom stereocenters. The summed E-state index contributed by atoms with van der Waals surface area (Å²) in [6.07, 6.45) is 0. The van der Waals surface area contributed by atoms with E-state index < -0.39 is 0 Å². The van der Waals surface area contributed by atoms with Crippen LogP contribution in [-0.2, 0) is 0 Å². The Morgan fingerprint density at radius 1 is 0.667 bits per heavy atom. The molecule has 0 bridgehead atoms. The van der Waals surface area contributed by atoms with Crippen LogP contribution in [0.3, 0.4) is 0 Å². The van der Waals surface area contributed by atoms with E-state index in [1.54, 1.807) is 0 Å². The van der Waals surface area contributed by atoms with E-state index in [-0.39, 0.29) is 12.4 Å². The van der Waals surface area contributed by atoms with Crippen LogP contribution in [-0.4, -0.2) is 4.98 Å². The molecule has 0 saturated heterocycles. The Labute approximate surface area is 148 Å². The van der Waals surface area contributed by atoms with Crippen LogP contribution in [0.25, 0.3) is 33.3 Å². The van der Waals surface area contributed by atoms with Gasteiger partial charge in [0.15, 0.2) is 0 Å². The molecule has 0 saturated carbocycles. The van der Waals surface area contributed by atoms with Gasteiger partial charge in [0.05, 0.1) is 11.2 Å². The number of pyridine rings is 1. The monoisotopic (exact) mass is 331 g/mol. The lowest BCUT2D eigenvalue weighted by molar-refractivity contribution is 1.38. The molecule has 1 aromatic heterocycles. The van der Waals surface area contributed by atoms with E-state index in [1.807, 2.05) is 12.1 Å². The highest BCUT2D eigenvalue weighted by molar-refractivity contribution is 5.96. The quantitative estimate of drug-likeness (QED) is 0.420. The number of rotatable bonds is 2. The fourth-order valence-corrected chi connectivity index (χ4v) is 2.90. The molecule has 0 fully saturated rings. The first kappa shape index (κ1) is 16.2. The highest BCUT2D eigenvalue weighted by Gasteiger charge is 2.08. The Bertz CT molecular complexity index is 960. The second kappa shape index (κ2) is 6.86. The third-order valence-corrected chi connectivity index (χ3v) is 4.15. The van der Waals surface area contributed by atoms with Crippen LogP contribution in [0.2, 0.25) is 0 Å². The van der Waals surface area contributed by atoms with Gasteiger partial charge in [0, 0.05) is 10.9 Å².